The summed E-state index contributed by atoms with van der Waals surface area (Å²) in [6.45, 7) is -0.127. The molecule has 0 radical (unpaired) electrons. The van der Waals surface area contributed by atoms with Gasteiger partial charge in [-0.05, 0) is 18.2 Å². The van der Waals surface area contributed by atoms with E-state index in [4.69, 9.17) is 0 Å². The Balaban J connectivity index is 2.16. The smallest absolute Gasteiger partial charge is 0.264 e. The topological polar surface area (TPSA) is 20.3 Å². The normalized spacial score (nSPS) is 18.4. The van der Waals surface area contributed by atoms with E-state index in [0.717, 1.165) is 6.07 Å². The van der Waals surface area contributed by atoms with Crippen LogP contribution in [0.4, 0.5) is 17.6 Å². The van der Waals surface area contributed by atoms with Crippen LogP contribution in [0.25, 0.3) is 0 Å². The first kappa shape index (κ1) is 15.3. The highest BCUT2D eigenvalue weighted by Gasteiger charge is 2.35. The zero-order chi connectivity index (χ0) is 14.9. The van der Waals surface area contributed by atoms with Crippen molar-refractivity contribution in [1.82, 2.24) is 4.90 Å². The van der Waals surface area contributed by atoms with Crippen molar-refractivity contribution in [3.05, 3.63) is 33.8 Å². The minimum Gasteiger partial charge on any atom is -0.338 e. The first-order valence-electron chi connectivity index (χ1n) is 6.05. The number of hydrogen-bond donors (Lipinski definition) is 0. The lowest BCUT2D eigenvalue weighted by molar-refractivity contribution is -0.0494. The molecular weight excluding hydrogens is 342 g/mol. The predicted octanol–water partition coefficient (Wildman–Crippen LogP) is 4.26. The first-order chi connectivity index (χ1) is 9.30. The lowest BCUT2D eigenvalue weighted by atomic mass is 10.0. The molecule has 1 aromatic rings. The fourth-order valence-corrected chi connectivity index (χ4v) is 2.48. The maximum atomic E-state index is 13.0. The van der Waals surface area contributed by atoms with Gasteiger partial charge in [-0.25, -0.2) is 17.6 Å². The molecule has 0 aromatic heterocycles. The molecule has 1 heterocycles. The van der Waals surface area contributed by atoms with E-state index >= 15 is 0 Å². The van der Waals surface area contributed by atoms with Gasteiger partial charge in [0, 0.05) is 41.5 Å². The van der Waals surface area contributed by atoms with Gasteiger partial charge >= 0.3 is 0 Å². The molecule has 0 atom stereocenters. The molecule has 1 aliphatic rings. The highest BCUT2D eigenvalue weighted by Crippen LogP contribution is 2.31. The maximum Gasteiger partial charge on any atom is 0.264 e. The van der Waals surface area contributed by atoms with Gasteiger partial charge in [0.25, 0.3) is 18.3 Å². The second-order valence-corrected chi connectivity index (χ2v) is 5.54. The van der Waals surface area contributed by atoms with Crippen molar-refractivity contribution >= 4 is 21.8 Å². The molecule has 7 heteroatoms. The quantitative estimate of drug-likeness (QED) is 0.727. The Kier molecular flexibility index (Phi) is 4.36. The summed E-state index contributed by atoms with van der Waals surface area (Å²) in [6.07, 6.45) is -3.49. The van der Waals surface area contributed by atoms with E-state index in [2.05, 4.69) is 15.9 Å². The molecule has 1 fully saturated rings. The van der Waals surface area contributed by atoms with E-state index in [1.54, 1.807) is 0 Å². The van der Waals surface area contributed by atoms with Crippen LogP contribution in [0.2, 0.25) is 0 Å². The third-order valence-corrected chi connectivity index (χ3v) is 3.98. The standard InChI is InChI=1S/C13H12BrF4NO/c14-10-2-1-8(7-9(10)11(15)16)12(20)19-5-3-13(17,18)4-6-19/h1-2,7,11H,3-6H2. The molecule has 110 valence electrons. The molecule has 20 heavy (non-hydrogen) atoms. The maximum absolute atomic E-state index is 13.0. The molecule has 1 aromatic carbocycles. The summed E-state index contributed by atoms with van der Waals surface area (Å²) in [4.78, 5) is 13.4. The van der Waals surface area contributed by atoms with Crippen molar-refractivity contribution in [3.8, 4) is 0 Å². The van der Waals surface area contributed by atoms with Crippen molar-refractivity contribution in [3.63, 3.8) is 0 Å². The molecule has 2 rings (SSSR count). The molecule has 0 saturated carbocycles. The lowest BCUT2D eigenvalue weighted by Gasteiger charge is -2.31. The van der Waals surface area contributed by atoms with E-state index in [1.807, 2.05) is 0 Å². The third kappa shape index (κ3) is 3.31. The summed E-state index contributed by atoms with van der Waals surface area (Å²) < 4.78 is 51.8. The van der Waals surface area contributed by atoms with Gasteiger partial charge in [-0.15, -0.1) is 0 Å². The van der Waals surface area contributed by atoms with Crippen molar-refractivity contribution in [2.75, 3.05) is 13.1 Å². The summed E-state index contributed by atoms with van der Waals surface area (Å²) in [5.74, 6) is -3.24. The minimum absolute atomic E-state index is 0.0636. The summed E-state index contributed by atoms with van der Waals surface area (Å²) >= 11 is 2.99. The van der Waals surface area contributed by atoms with Crippen molar-refractivity contribution in [1.29, 1.82) is 0 Å². The van der Waals surface area contributed by atoms with Gasteiger partial charge in [0.05, 0.1) is 0 Å². The van der Waals surface area contributed by atoms with Crippen molar-refractivity contribution in [2.45, 2.75) is 25.2 Å². The molecular formula is C13H12BrF4NO. The zero-order valence-electron chi connectivity index (χ0n) is 10.4. The number of hydrogen-bond acceptors (Lipinski definition) is 1. The molecule has 0 unspecified atom stereocenters. The monoisotopic (exact) mass is 353 g/mol. The number of likely N-dealkylation sites (tertiary alicyclic amines) is 1. The second-order valence-electron chi connectivity index (χ2n) is 4.69. The highest BCUT2D eigenvalue weighted by molar-refractivity contribution is 9.10. The van der Waals surface area contributed by atoms with Gasteiger partial charge in [0.2, 0.25) is 0 Å². The molecule has 1 amide bonds. The van der Waals surface area contributed by atoms with Gasteiger partial charge in [-0.1, -0.05) is 15.9 Å². The average Bonchev–Trinajstić information content (AvgIpc) is 2.38. The number of alkyl halides is 4. The Hall–Kier alpha value is -1.11. The number of carbonyl (C=O) groups is 1. The molecule has 0 N–H and O–H groups in total. The predicted molar refractivity (Wildman–Crippen MR) is 69.2 cm³/mol. The molecule has 0 bridgehead atoms. The van der Waals surface area contributed by atoms with Crippen LogP contribution in [0, 0.1) is 0 Å². The second kappa shape index (κ2) is 5.71. The Morgan fingerprint density at radius 3 is 2.40 bits per heavy atom. The number of carbonyl (C=O) groups excluding carboxylic acids is 1. The molecule has 0 aliphatic carbocycles. The summed E-state index contributed by atoms with van der Waals surface area (Å²) in [6, 6.07) is 3.88. The number of piperidine rings is 1. The van der Waals surface area contributed by atoms with Crippen LogP contribution in [0.5, 0.6) is 0 Å². The molecule has 1 aliphatic heterocycles. The largest absolute Gasteiger partial charge is 0.338 e. The van der Waals surface area contributed by atoms with Gasteiger partial charge in [0.15, 0.2) is 0 Å². The van der Waals surface area contributed by atoms with Gasteiger partial charge in [-0.3, -0.25) is 4.79 Å². The number of nitrogens with zero attached hydrogens (tertiary/aromatic N) is 1. The SMILES string of the molecule is O=C(c1ccc(Br)c(C(F)F)c1)N1CCC(F)(F)CC1. The van der Waals surface area contributed by atoms with E-state index < -0.39 is 31.1 Å². The molecule has 0 spiro atoms. The fourth-order valence-electron chi connectivity index (χ4n) is 2.06. The van der Waals surface area contributed by atoms with Crippen LogP contribution in [0.1, 0.15) is 35.2 Å². The molecule has 2 nitrogen and oxygen atoms in total. The van der Waals surface area contributed by atoms with Crippen LogP contribution in [-0.2, 0) is 0 Å². The summed E-state index contributed by atoms with van der Waals surface area (Å²) in [7, 11) is 0. The van der Waals surface area contributed by atoms with Gasteiger partial charge < -0.3 is 4.90 Å². The van der Waals surface area contributed by atoms with Gasteiger partial charge in [-0.2, -0.15) is 0 Å². The van der Waals surface area contributed by atoms with E-state index in [-0.39, 0.29) is 28.7 Å². The lowest BCUT2D eigenvalue weighted by Crippen LogP contribution is -2.42. The zero-order valence-corrected chi connectivity index (χ0v) is 12.0. The summed E-state index contributed by atoms with van der Waals surface area (Å²) in [5.41, 5.74) is -0.188. The fraction of sp³-hybridized carbons (Fsp3) is 0.462. The van der Waals surface area contributed by atoms with Crippen LogP contribution in [0.3, 0.4) is 0 Å². The van der Waals surface area contributed by atoms with E-state index in [9.17, 15) is 22.4 Å². The van der Waals surface area contributed by atoms with Crippen LogP contribution < -0.4 is 0 Å². The number of rotatable bonds is 2. The van der Waals surface area contributed by atoms with E-state index in [1.165, 1.54) is 17.0 Å². The van der Waals surface area contributed by atoms with Gasteiger partial charge in [0.1, 0.15) is 0 Å². The number of halogens is 5. The Morgan fingerprint density at radius 2 is 1.85 bits per heavy atom. The first-order valence-corrected chi connectivity index (χ1v) is 6.84. The minimum atomic E-state index is -2.75. The van der Waals surface area contributed by atoms with Crippen LogP contribution in [0.15, 0.2) is 22.7 Å². The van der Waals surface area contributed by atoms with Crippen LogP contribution in [-0.4, -0.2) is 29.8 Å². The Labute approximate surface area is 121 Å². The third-order valence-electron chi connectivity index (χ3n) is 3.26. The number of amides is 1. The van der Waals surface area contributed by atoms with E-state index in [0.29, 0.717) is 0 Å². The number of benzene rings is 1. The highest BCUT2D eigenvalue weighted by atomic mass is 79.9. The van der Waals surface area contributed by atoms with Crippen LogP contribution >= 0.6 is 15.9 Å². The Morgan fingerprint density at radius 1 is 1.25 bits per heavy atom. The average molecular weight is 354 g/mol. The summed E-state index contributed by atoms with van der Waals surface area (Å²) in [5, 5.41) is 0. The van der Waals surface area contributed by atoms with Crippen molar-refractivity contribution < 1.29 is 22.4 Å². The Bertz CT molecular complexity index is 511. The molecule has 1 saturated heterocycles. The van der Waals surface area contributed by atoms with Crippen molar-refractivity contribution in [2.24, 2.45) is 0 Å².